The summed E-state index contributed by atoms with van der Waals surface area (Å²) in [7, 11) is 0. The highest BCUT2D eigenvalue weighted by atomic mass is 32.1. The standard InChI is InChI=1S/C11H16N2OS/c1-8-4-3-5-13(6-8)11(14)10-9(2)12-7-15-10/h7-8H,3-6H2,1-2H3/t8-/m0/s1. The number of nitrogens with zero attached hydrogens (tertiary/aromatic N) is 2. The summed E-state index contributed by atoms with van der Waals surface area (Å²) in [5.74, 6) is 0.803. The minimum Gasteiger partial charge on any atom is -0.338 e. The van der Waals surface area contributed by atoms with Crippen LogP contribution in [0.5, 0.6) is 0 Å². The van der Waals surface area contributed by atoms with Gasteiger partial charge in [-0.05, 0) is 25.7 Å². The van der Waals surface area contributed by atoms with Gasteiger partial charge in [-0.15, -0.1) is 11.3 Å². The number of aromatic nitrogens is 1. The average Bonchev–Trinajstić information content (AvgIpc) is 2.63. The van der Waals surface area contributed by atoms with Gasteiger partial charge in [0.05, 0.1) is 11.2 Å². The maximum atomic E-state index is 12.1. The third-order valence-corrected chi connectivity index (χ3v) is 3.80. The lowest BCUT2D eigenvalue weighted by Crippen LogP contribution is -2.39. The molecule has 15 heavy (non-hydrogen) atoms. The molecule has 0 aliphatic carbocycles. The molecule has 1 aromatic rings. The van der Waals surface area contributed by atoms with E-state index in [1.807, 2.05) is 11.8 Å². The molecule has 3 nitrogen and oxygen atoms in total. The van der Waals surface area contributed by atoms with Crippen LogP contribution in [0.3, 0.4) is 0 Å². The Labute approximate surface area is 94.1 Å². The third kappa shape index (κ3) is 2.20. The Kier molecular flexibility index (Phi) is 3.05. The summed E-state index contributed by atoms with van der Waals surface area (Å²) < 4.78 is 0. The molecule has 0 saturated carbocycles. The van der Waals surface area contributed by atoms with Crippen molar-refractivity contribution in [1.29, 1.82) is 0 Å². The van der Waals surface area contributed by atoms with Crippen LogP contribution in [0.4, 0.5) is 0 Å². The van der Waals surface area contributed by atoms with Crippen LogP contribution in [0.1, 0.15) is 35.1 Å². The summed E-state index contributed by atoms with van der Waals surface area (Å²) in [6.45, 7) is 5.91. The van der Waals surface area contributed by atoms with Crippen molar-refractivity contribution in [3.63, 3.8) is 0 Å². The van der Waals surface area contributed by atoms with Crippen LogP contribution < -0.4 is 0 Å². The van der Waals surface area contributed by atoms with Crippen LogP contribution >= 0.6 is 11.3 Å². The molecule has 1 saturated heterocycles. The van der Waals surface area contributed by atoms with Gasteiger partial charge in [-0.3, -0.25) is 4.79 Å². The number of hydrogen-bond acceptors (Lipinski definition) is 3. The van der Waals surface area contributed by atoms with Crippen LogP contribution in [0.15, 0.2) is 5.51 Å². The van der Waals surface area contributed by atoms with Crippen molar-refractivity contribution in [2.45, 2.75) is 26.7 Å². The molecule has 1 aliphatic heterocycles. The third-order valence-electron chi connectivity index (χ3n) is 2.88. The van der Waals surface area contributed by atoms with Crippen LogP contribution in [-0.2, 0) is 0 Å². The predicted molar refractivity (Wildman–Crippen MR) is 61.2 cm³/mol. The molecule has 1 fully saturated rings. The van der Waals surface area contributed by atoms with Crippen LogP contribution in [0.2, 0.25) is 0 Å². The summed E-state index contributed by atoms with van der Waals surface area (Å²) in [5.41, 5.74) is 2.61. The lowest BCUT2D eigenvalue weighted by atomic mass is 10.0. The molecule has 0 aromatic carbocycles. The molecule has 2 heterocycles. The molecule has 1 aromatic heterocycles. The van der Waals surface area contributed by atoms with Gasteiger partial charge in [-0.25, -0.2) is 4.98 Å². The molecule has 82 valence electrons. The van der Waals surface area contributed by atoms with Gasteiger partial charge in [0, 0.05) is 13.1 Å². The van der Waals surface area contributed by atoms with Gasteiger partial charge in [0.25, 0.3) is 5.91 Å². The zero-order valence-corrected chi connectivity index (χ0v) is 10.0. The fourth-order valence-electron chi connectivity index (χ4n) is 2.02. The maximum Gasteiger partial charge on any atom is 0.265 e. The molecule has 2 rings (SSSR count). The van der Waals surface area contributed by atoms with Crippen molar-refractivity contribution in [3.05, 3.63) is 16.1 Å². The Hall–Kier alpha value is -0.900. The molecule has 4 heteroatoms. The zero-order chi connectivity index (χ0) is 10.8. The first-order valence-electron chi connectivity index (χ1n) is 5.38. The van der Waals surface area contributed by atoms with Gasteiger partial charge in [0.15, 0.2) is 0 Å². The molecule has 0 radical (unpaired) electrons. The van der Waals surface area contributed by atoms with E-state index < -0.39 is 0 Å². The van der Waals surface area contributed by atoms with Gasteiger partial charge >= 0.3 is 0 Å². The van der Waals surface area contributed by atoms with Crippen LogP contribution in [-0.4, -0.2) is 28.9 Å². The molecule has 0 N–H and O–H groups in total. The number of amides is 1. The minimum absolute atomic E-state index is 0.168. The zero-order valence-electron chi connectivity index (χ0n) is 9.19. The van der Waals surface area contributed by atoms with Crippen molar-refractivity contribution in [3.8, 4) is 0 Å². The number of thiazole rings is 1. The summed E-state index contributed by atoms with van der Waals surface area (Å²) in [6, 6.07) is 0. The highest BCUT2D eigenvalue weighted by Gasteiger charge is 2.24. The van der Waals surface area contributed by atoms with E-state index in [-0.39, 0.29) is 5.91 Å². The second kappa shape index (κ2) is 4.31. The lowest BCUT2D eigenvalue weighted by Gasteiger charge is -2.30. The van der Waals surface area contributed by atoms with Crippen molar-refractivity contribution < 1.29 is 4.79 Å². The molecule has 1 aliphatic rings. The molecular weight excluding hydrogens is 208 g/mol. The van der Waals surface area contributed by atoms with E-state index in [0.717, 1.165) is 30.1 Å². The smallest absolute Gasteiger partial charge is 0.265 e. The average molecular weight is 224 g/mol. The first-order chi connectivity index (χ1) is 7.18. The van der Waals surface area contributed by atoms with Gasteiger partial charge in [-0.1, -0.05) is 6.92 Å². The van der Waals surface area contributed by atoms with E-state index in [4.69, 9.17) is 0 Å². The van der Waals surface area contributed by atoms with Crippen molar-refractivity contribution in [2.24, 2.45) is 5.92 Å². The molecule has 1 amide bonds. The number of carbonyl (C=O) groups is 1. The topological polar surface area (TPSA) is 33.2 Å². The summed E-state index contributed by atoms with van der Waals surface area (Å²) in [4.78, 5) is 19.0. The SMILES string of the molecule is Cc1ncsc1C(=O)N1CCC[C@H](C)C1. The number of likely N-dealkylation sites (tertiary alicyclic amines) is 1. The van der Waals surface area contributed by atoms with E-state index in [0.29, 0.717) is 5.92 Å². The van der Waals surface area contributed by atoms with E-state index in [1.165, 1.54) is 17.8 Å². The summed E-state index contributed by atoms with van der Waals surface area (Å²) in [6.07, 6.45) is 2.37. The van der Waals surface area contributed by atoms with Gasteiger partial charge in [-0.2, -0.15) is 0 Å². The van der Waals surface area contributed by atoms with Gasteiger partial charge < -0.3 is 4.90 Å². The number of hydrogen-bond donors (Lipinski definition) is 0. The quantitative estimate of drug-likeness (QED) is 0.733. The van der Waals surface area contributed by atoms with E-state index in [9.17, 15) is 4.79 Å². The number of rotatable bonds is 1. The predicted octanol–water partition coefficient (Wildman–Crippen LogP) is 2.32. The summed E-state index contributed by atoms with van der Waals surface area (Å²) in [5, 5.41) is 0. The normalized spacial score (nSPS) is 21.7. The summed E-state index contributed by atoms with van der Waals surface area (Å²) >= 11 is 1.45. The highest BCUT2D eigenvalue weighted by molar-refractivity contribution is 7.11. The number of carbonyl (C=O) groups excluding carboxylic acids is 1. The largest absolute Gasteiger partial charge is 0.338 e. The second-order valence-electron chi connectivity index (χ2n) is 4.27. The monoisotopic (exact) mass is 224 g/mol. The maximum absolute atomic E-state index is 12.1. The fourth-order valence-corrected chi connectivity index (χ4v) is 2.79. The van der Waals surface area contributed by atoms with Gasteiger partial charge in [0.1, 0.15) is 4.88 Å². The molecular formula is C11H16N2OS. The Bertz CT molecular complexity index is 361. The number of piperidine rings is 1. The van der Waals surface area contributed by atoms with Crippen molar-refractivity contribution in [1.82, 2.24) is 9.88 Å². The van der Waals surface area contributed by atoms with E-state index in [1.54, 1.807) is 5.51 Å². The first kappa shape index (κ1) is 10.6. The minimum atomic E-state index is 0.168. The van der Waals surface area contributed by atoms with Crippen LogP contribution in [0.25, 0.3) is 0 Å². The Morgan fingerprint density at radius 1 is 1.67 bits per heavy atom. The Morgan fingerprint density at radius 2 is 2.47 bits per heavy atom. The molecule has 1 atom stereocenters. The Morgan fingerprint density at radius 3 is 3.07 bits per heavy atom. The molecule has 0 spiro atoms. The highest BCUT2D eigenvalue weighted by Crippen LogP contribution is 2.20. The number of aryl methyl sites for hydroxylation is 1. The lowest BCUT2D eigenvalue weighted by molar-refractivity contribution is 0.0687. The van der Waals surface area contributed by atoms with E-state index >= 15 is 0 Å². The molecule has 0 bridgehead atoms. The first-order valence-corrected chi connectivity index (χ1v) is 6.26. The van der Waals surface area contributed by atoms with Crippen LogP contribution in [0, 0.1) is 12.8 Å². The second-order valence-corrected chi connectivity index (χ2v) is 5.12. The van der Waals surface area contributed by atoms with Crippen molar-refractivity contribution >= 4 is 17.2 Å². The van der Waals surface area contributed by atoms with E-state index in [2.05, 4.69) is 11.9 Å². The molecule has 0 unspecified atom stereocenters. The Balaban J connectivity index is 2.11. The van der Waals surface area contributed by atoms with Gasteiger partial charge in [0.2, 0.25) is 0 Å². The fraction of sp³-hybridized carbons (Fsp3) is 0.636. The van der Waals surface area contributed by atoms with Crippen molar-refractivity contribution in [2.75, 3.05) is 13.1 Å².